The largest absolute Gasteiger partial charge is 0.329 e. The fourth-order valence-corrected chi connectivity index (χ4v) is 3.09. The molecule has 0 atom stereocenters. The number of hydrogen-bond acceptors (Lipinski definition) is 4. The molecular formula is C15H15N3O2S. The van der Waals surface area contributed by atoms with Gasteiger partial charge in [0.15, 0.2) is 10.9 Å². The highest BCUT2D eigenvalue weighted by Crippen LogP contribution is 2.24. The van der Waals surface area contributed by atoms with E-state index in [0.717, 1.165) is 16.4 Å². The number of aryl methyl sites for hydroxylation is 2. The summed E-state index contributed by atoms with van der Waals surface area (Å²) in [5, 5.41) is 3.65. The maximum absolute atomic E-state index is 12.3. The van der Waals surface area contributed by atoms with Gasteiger partial charge in [-0.25, -0.2) is 4.98 Å². The Balaban J connectivity index is 1.70. The first kappa shape index (κ1) is 13.9. The molecule has 0 spiro atoms. The average molecular weight is 301 g/mol. The Hall–Kier alpha value is -2.08. The maximum atomic E-state index is 12.3. The molecule has 3 rings (SSSR count). The summed E-state index contributed by atoms with van der Waals surface area (Å²) in [6.07, 6.45) is 4.74. The minimum atomic E-state index is 0.0342. The molecule has 5 nitrogen and oxygen atoms in total. The summed E-state index contributed by atoms with van der Waals surface area (Å²) in [4.78, 5) is 27.8. The number of thioether (sulfide) groups is 1. The lowest BCUT2D eigenvalue weighted by molar-refractivity contribution is -0.116. The van der Waals surface area contributed by atoms with Gasteiger partial charge in [-0.15, -0.1) is 0 Å². The number of anilines is 1. The SMILES string of the molecule is Cn1ccnc1SCC(=O)c1ccc2c(c1)CCC(=O)N2. The number of nitrogens with zero attached hydrogens (tertiary/aromatic N) is 2. The number of Topliss-reactive ketones (excluding diaryl/α,β-unsaturated/α-hetero) is 1. The van der Waals surface area contributed by atoms with Crippen molar-refractivity contribution in [2.75, 3.05) is 11.1 Å². The second-order valence-corrected chi connectivity index (χ2v) is 5.90. The van der Waals surface area contributed by atoms with Crippen LogP contribution in [0.1, 0.15) is 22.3 Å². The fraction of sp³-hybridized carbons (Fsp3) is 0.267. The van der Waals surface area contributed by atoms with Crippen LogP contribution in [0.4, 0.5) is 5.69 Å². The smallest absolute Gasteiger partial charge is 0.224 e. The molecule has 0 fully saturated rings. The van der Waals surface area contributed by atoms with E-state index in [9.17, 15) is 9.59 Å². The predicted octanol–water partition coefficient (Wildman–Crippen LogP) is 2.28. The highest BCUT2D eigenvalue weighted by Gasteiger charge is 2.17. The van der Waals surface area contributed by atoms with E-state index >= 15 is 0 Å². The van der Waals surface area contributed by atoms with Crippen molar-refractivity contribution < 1.29 is 9.59 Å². The highest BCUT2D eigenvalue weighted by atomic mass is 32.2. The third-order valence-corrected chi connectivity index (χ3v) is 4.49. The van der Waals surface area contributed by atoms with E-state index in [0.29, 0.717) is 24.2 Å². The van der Waals surface area contributed by atoms with Crippen LogP contribution in [-0.4, -0.2) is 27.0 Å². The Bertz CT molecular complexity index is 709. The molecule has 1 aromatic heterocycles. The Morgan fingerprint density at radius 1 is 1.43 bits per heavy atom. The molecule has 1 amide bonds. The number of amides is 1. The van der Waals surface area contributed by atoms with Crippen molar-refractivity contribution in [2.24, 2.45) is 7.05 Å². The van der Waals surface area contributed by atoms with Crippen LogP contribution in [0.15, 0.2) is 35.7 Å². The topological polar surface area (TPSA) is 64.0 Å². The average Bonchev–Trinajstić information content (AvgIpc) is 2.89. The van der Waals surface area contributed by atoms with E-state index in [-0.39, 0.29) is 11.7 Å². The second-order valence-electron chi connectivity index (χ2n) is 4.95. The van der Waals surface area contributed by atoms with Crippen molar-refractivity contribution in [3.05, 3.63) is 41.7 Å². The summed E-state index contributed by atoms with van der Waals surface area (Å²) < 4.78 is 1.89. The summed E-state index contributed by atoms with van der Waals surface area (Å²) in [6, 6.07) is 5.47. The summed E-state index contributed by atoms with van der Waals surface area (Å²) in [6.45, 7) is 0. The lowest BCUT2D eigenvalue weighted by Gasteiger charge is -2.17. The van der Waals surface area contributed by atoms with Gasteiger partial charge in [0.1, 0.15) is 0 Å². The Morgan fingerprint density at radius 2 is 2.29 bits per heavy atom. The van der Waals surface area contributed by atoms with Gasteiger partial charge in [0, 0.05) is 37.1 Å². The number of nitrogens with one attached hydrogen (secondary N) is 1. The molecule has 1 aromatic carbocycles. The molecule has 2 heterocycles. The number of hydrogen-bond donors (Lipinski definition) is 1. The van der Waals surface area contributed by atoms with Crippen LogP contribution in [-0.2, 0) is 18.3 Å². The third-order valence-electron chi connectivity index (χ3n) is 3.43. The zero-order valence-corrected chi connectivity index (χ0v) is 12.4. The molecule has 0 saturated carbocycles. The van der Waals surface area contributed by atoms with Crippen LogP contribution in [0.25, 0.3) is 0 Å². The molecular weight excluding hydrogens is 286 g/mol. The van der Waals surface area contributed by atoms with Crippen LogP contribution in [0.2, 0.25) is 0 Å². The minimum absolute atomic E-state index is 0.0342. The summed E-state index contributed by atoms with van der Waals surface area (Å²) >= 11 is 1.43. The van der Waals surface area contributed by atoms with Gasteiger partial charge in [0.25, 0.3) is 0 Å². The molecule has 6 heteroatoms. The van der Waals surface area contributed by atoms with E-state index in [1.54, 1.807) is 12.3 Å². The fourth-order valence-electron chi connectivity index (χ4n) is 2.26. The van der Waals surface area contributed by atoms with Gasteiger partial charge in [-0.1, -0.05) is 11.8 Å². The van der Waals surface area contributed by atoms with Crippen molar-refractivity contribution >= 4 is 29.1 Å². The molecule has 0 unspecified atom stereocenters. The molecule has 1 aliphatic heterocycles. The van der Waals surface area contributed by atoms with Gasteiger partial charge < -0.3 is 9.88 Å². The first-order chi connectivity index (χ1) is 10.1. The molecule has 0 aliphatic carbocycles. The number of carbonyl (C=O) groups is 2. The Labute approximate surface area is 126 Å². The van der Waals surface area contributed by atoms with E-state index in [2.05, 4.69) is 10.3 Å². The molecule has 2 aromatic rings. The third kappa shape index (κ3) is 3.00. The number of carbonyl (C=O) groups excluding carboxylic acids is 2. The molecule has 1 aliphatic rings. The van der Waals surface area contributed by atoms with Crippen LogP contribution in [0, 0.1) is 0 Å². The molecule has 21 heavy (non-hydrogen) atoms. The zero-order valence-electron chi connectivity index (χ0n) is 11.6. The number of benzene rings is 1. The van der Waals surface area contributed by atoms with E-state index in [1.165, 1.54) is 11.8 Å². The van der Waals surface area contributed by atoms with Gasteiger partial charge >= 0.3 is 0 Å². The lowest BCUT2D eigenvalue weighted by Crippen LogP contribution is -2.19. The van der Waals surface area contributed by atoms with Gasteiger partial charge in [0.2, 0.25) is 5.91 Å². The normalized spacial score (nSPS) is 13.7. The number of ketones is 1. The zero-order chi connectivity index (χ0) is 14.8. The van der Waals surface area contributed by atoms with Crippen molar-refractivity contribution in [3.8, 4) is 0 Å². The maximum Gasteiger partial charge on any atom is 0.224 e. The highest BCUT2D eigenvalue weighted by molar-refractivity contribution is 7.99. The van der Waals surface area contributed by atoms with Crippen molar-refractivity contribution in [3.63, 3.8) is 0 Å². The first-order valence-corrected chi connectivity index (χ1v) is 7.68. The van der Waals surface area contributed by atoms with Crippen LogP contribution in [0.5, 0.6) is 0 Å². The van der Waals surface area contributed by atoms with Gasteiger partial charge in [-0.3, -0.25) is 9.59 Å². The van der Waals surface area contributed by atoms with Crippen LogP contribution in [0.3, 0.4) is 0 Å². The molecule has 0 saturated heterocycles. The first-order valence-electron chi connectivity index (χ1n) is 6.69. The monoisotopic (exact) mass is 301 g/mol. The number of aromatic nitrogens is 2. The van der Waals surface area contributed by atoms with Crippen molar-refractivity contribution in [1.29, 1.82) is 0 Å². The lowest BCUT2D eigenvalue weighted by atomic mass is 9.99. The van der Waals surface area contributed by atoms with Crippen LogP contribution < -0.4 is 5.32 Å². The Kier molecular flexibility index (Phi) is 3.79. The van der Waals surface area contributed by atoms with Crippen molar-refractivity contribution in [2.45, 2.75) is 18.0 Å². The summed E-state index contributed by atoms with van der Waals surface area (Å²) in [5.41, 5.74) is 2.54. The summed E-state index contributed by atoms with van der Waals surface area (Å²) in [7, 11) is 1.90. The minimum Gasteiger partial charge on any atom is -0.329 e. The number of imidazole rings is 1. The van der Waals surface area contributed by atoms with Gasteiger partial charge in [-0.05, 0) is 30.2 Å². The van der Waals surface area contributed by atoms with E-state index < -0.39 is 0 Å². The molecule has 0 bridgehead atoms. The van der Waals surface area contributed by atoms with E-state index in [1.807, 2.05) is 29.9 Å². The summed E-state index contributed by atoms with van der Waals surface area (Å²) in [5.74, 6) is 0.463. The van der Waals surface area contributed by atoms with Crippen LogP contribution >= 0.6 is 11.8 Å². The van der Waals surface area contributed by atoms with E-state index in [4.69, 9.17) is 0 Å². The molecule has 0 radical (unpaired) electrons. The molecule has 1 N–H and O–H groups in total. The number of fused-ring (bicyclic) bond motifs is 1. The van der Waals surface area contributed by atoms with Crippen molar-refractivity contribution in [1.82, 2.24) is 9.55 Å². The number of rotatable bonds is 4. The Morgan fingerprint density at radius 3 is 3.05 bits per heavy atom. The molecule has 108 valence electrons. The van der Waals surface area contributed by atoms with Gasteiger partial charge in [0.05, 0.1) is 5.75 Å². The second kappa shape index (κ2) is 5.73. The van der Waals surface area contributed by atoms with Gasteiger partial charge in [-0.2, -0.15) is 0 Å². The standard InChI is InChI=1S/C15H15N3O2S/c1-18-7-6-16-15(18)21-9-13(19)11-2-4-12-10(8-11)3-5-14(20)17-12/h2,4,6-8H,3,5,9H2,1H3,(H,17,20). The predicted molar refractivity (Wildman–Crippen MR) is 81.7 cm³/mol. The quantitative estimate of drug-likeness (QED) is 0.695.